The van der Waals surface area contributed by atoms with Gasteiger partial charge in [-0.2, -0.15) is 0 Å². The van der Waals surface area contributed by atoms with Crippen molar-refractivity contribution in [2.45, 2.75) is 25.4 Å². The third-order valence-electron chi connectivity index (χ3n) is 3.22. The number of rotatable bonds is 5. The molecule has 1 heterocycles. The molecule has 20 heavy (non-hydrogen) atoms. The first-order chi connectivity index (χ1) is 9.79. The van der Waals surface area contributed by atoms with E-state index in [1.165, 1.54) is 6.08 Å². The highest BCUT2D eigenvalue weighted by molar-refractivity contribution is 5.87. The molecule has 4 heteroatoms. The van der Waals surface area contributed by atoms with Crippen molar-refractivity contribution in [2.75, 3.05) is 20.3 Å². The van der Waals surface area contributed by atoms with E-state index in [1.54, 1.807) is 13.2 Å². The Morgan fingerprint density at radius 2 is 2.25 bits per heavy atom. The maximum Gasteiger partial charge on any atom is 0.330 e. The molecule has 0 radical (unpaired) electrons. The number of hydrogen-bond acceptors (Lipinski definition) is 4. The number of hydrogen-bond donors (Lipinski definition) is 0. The van der Waals surface area contributed by atoms with Gasteiger partial charge < -0.3 is 14.2 Å². The van der Waals surface area contributed by atoms with Gasteiger partial charge in [0.1, 0.15) is 12.4 Å². The van der Waals surface area contributed by atoms with Crippen molar-refractivity contribution in [3.05, 3.63) is 35.9 Å². The summed E-state index contributed by atoms with van der Waals surface area (Å²) in [6, 6.07) is 7.51. The van der Waals surface area contributed by atoms with Crippen LogP contribution in [0.3, 0.4) is 0 Å². The fourth-order valence-corrected chi connectivity index (χ4v) is 2.12. The molecule has 1 aromatic carbocycles. The zero-order valence-corrected chi connectivity index (χ0v) is 11.7. The Morgan fingerprint density at radius 3 is 3.00 bits per heavy atom. The standard InChI is InChI=1S/C16H20O4/c1-18-15-8-3-2-6-13(15)9-10-16(17)20-12-14-7-4-5-11-19-14/h2-3,6,8-10,14H,4-5,7,11-12H2,1H3/b10-9+. The number of esters is 1. The summed E-state index contributed by atoms with van der Waals surface area (Å²) < 4.78 is 15.9. The average molecular weight is 276 g/mol. The van der Waals surface area contributed by atoms with E-state index in [0.717, 1.165) is 37.2 Å². The highest BCUT2D eigenvalue weighted by Gasteiger charge is 2.15. The fraction of sp³-hybridized carbons (Fsp3) is 0.438. The summed E-state index contributed by atoms with van der Waals surface area (Å²) in [5, 5.41) is 0. The Hall–Kier alpha value is -1.81. The third kappa shape index (κ3) is 4.38. The first-order valence-corrected chi connectivity index (χ1v) is 6.89. The Morgan fingerprint density at radius 1 is 1.40 bits per heavy atom. The number of ether oxygens (including phenoxy) is 3. The molecule has 0 spiro atoms. The minimum atomic E-state index is -0.356. The van der Waals surface area contributed by atoms with Crippen molar-refractivity contribution in [3.63, 3.8) is 0 Å². The van der Waals surface area contributed by atoms with Crippen LogP contribution in [0.25, 0.3) is 6.08 Å². The lowest BCUT2D eigenvalue weighted by molar-refractivity contribution is -0.143. The van der Waals surface area contributed by atoms with Crippen molar-refractivity contribution in [1.82, 2.24) is 0 Å². The van der Waals surface area contributed by atoms with Gasteiger partial charge in [0, 0.05) is 18.2 Å². The smallest absolute Gasteiger partial charge is 0.330 e. The molecule has 1 aliphatic heterocycles. The van der Waals surface area contributed by atoms with Gasteiger partial charge in [0.05, 0.1) is 13.2 Å². The van der Waals surface area contributed by atoms with Crippen molar-refractivity contribution >= 4 is 12.0 Å². The van der Waals surface area contributed by atoms with Crippen LogP contribution >= 0.6 is 0 Å². The molecule has 1 unspecified atom stereocenters. The van der Waals surface area contributed by atoms with Gasteiger partial charge in [0.25, 0.3) is 0 Å². The number of carbonyl (C=O) groups excluding carboxylic acids is 1. The van der Waals surface area contributed by atoms with E-state index >= 15 is 0 Å². The predicted molar refractivity (Wildman–Crippen MR) is 76.6 cm³/mol. The Bertz CT molecular complexity index is 461. The van der Waals surface area contributed by atoms with Gasteiger partial charge in [-0.25, -0.2) is 4.79 Å². The zero-order valence-electron chi connectivity index (χ0n) is 11.7. The summed E-state index contributed by atoms with van der Waals surface area (Å²) >= 11 is 0. The lowest BCUT2D eigenvalue weighted by atomic mass is 10.1. The van der Waals surface area contributed by atoms with Gasteiger partial charge in [0.15, 0.2) is 0 Å². The largest absolute Gasteiger partial charge is 0.496 e. The van der Waals surface area contributed by atoms with E-state index in [-0.39, 0.29) is 12.1 Å². The quantitative estimate of drug-likeness (QED) is 0.613. The Kier molecular flexibility index (Phi) is 5.62. The van der Waals surface area contributed by atoms with Crippen LogP contribution in [0.1, 0.15) is 24.8 Å². The minimum absolute atomic E-state index is 0.0485. The lowest BCUT2D eigenvalue weighted by Crippen LogP contribution is -2.25. The van der Waals surface area contributed by atoms with E-state index in [1.807, 2.05) is 24.3 Å². The number of para-hydroxylation sites is 1. The molecule has 4 nitrogen and oxygen atoms in total. The summed E-state index contributed by atoms with van der Waals surface area (Å²) in [5.41, 5.74) is 0.848. The number of carbonyl (C=O) groups is 1. The number of benzene rings is 1. The first-order valence-electron chi connectivity index (χ1n) is 6.89. The molecular weight excluding hydrogens is 256 g/mol. The van der Waals surface area contributed by atoms with Crippen LogP contribution < -0.4 is 4.74 Å². The Balaban J connectivity index is 1.82. The van der Waals surface area contributed by atoms with E-state index < -0.39 is 0 Å². The van der Waals surface area contributed by atoms with Crippen LogP contribution in [-0.4, -0.2) is 32.4 Å². The van der Waals surface area contributed by atoms with Gasteiger partial charge in [0.2, 0.25) is 0 Å². The van der Waals surface area contributed by atoms with E-state index in [0.29, 0.717) is 6.61 Å². The summed E-state index contributed by atoms with van der Waals surface area (Å²) in [6.07, 6.45) is 6.36. The van der Waals surface area contributed by atoms with Crippen molar-refractivity contribution < 1.29 is 19.0 Å². The fourth-order valence-electron chi connectivity index (χ4n) is 2.12. The summed E-state index contributed by atoms with van der Waals surface area (Å²) in [6.45, 7) is 1.09. The lowest BCUT2D eigenvalue weighted by Gasteiger charge is -2.21. The van der Waals surface area contributed by atoms with E-state index in [2.05, 4.69) is 0 Å². The van der Waals surface area contributed by atoms with Gasteiger partial charge >= 0.3 is 5.97 Å². The molecule has 1 atom stereocenters. The monoisotopic (exact) mass is 276 g/mol. The van der Waals surface area contributed by atoms with E-state index in [9.17, 15) is 4.79 Å². The average Bonchev–Trinajstić information content (AvgIpc) is 2.52. The van der Waals surface area contributed by atoms with Gasteiger partial charge in [-0.3, -0.25) is 0 Å². The maximum atomic E-state index is 11.7. The number of methoxy groups -OCH3 is 1. The zero-order chi connectivity index (χ0) is 14.2. The molecule has 1 saturated heterocycles. The summed E-state index contributed by atoms with van der Waals surface area (Å²) in [5.74, 6) is 0.372. The predicted octanol–water partition coefficient (Wildman–Crippen LogP) is 2.82. The molecule has 0 aromatic heterocycles. The van der Waals surface area contributed by atoms with Crippen LogP contribution in [0.4, 0.5) is 0 Å². The van der Waals surface area contributed by atoms with E-state index in [4.69, 9.17) is 14.2 Å². The van der Waals surface area contributed by atoms with Crippen molar-refractivity contribution in [1.29, 1.82) is 0 Å². The van der Waals surface area contributed by atoms with Gasteiger partial charge in [-0.05, 0) is 31.4 Å². The molecule has 2 rings (SSSR count). The van der Waals surface area contributed by atoms with Crippen LogP contribution in [0.2, 0.25) is 0 Å². The molecular formula is C16H20O4. The van der Waals surface area contributed by atoms with Crippen LogP contribution in [-0.2, 0) is 14.3 Å². The third-order valence-corrected chi connectivity index (χ3v) is 3.22. The molecule has 0 amide bonds. The molecule has 108 valence electrons. The van der Waals surface area contributed by atoms with Gasteiger partial charge in [-0.15, -0.1) is 0 Å². The SMILES string of the molecule is COc1ccccc1/C=C/C(=O)OCC1CCCCO1. The topological polar surface area (TPSA) is 44.8 Å². The molecule has 0 bridgehead atoms. The Labute approximate surface area is 119 Å². The van der Waals surface area contributed by atoms with Crippen LogP contribution in [0.15, 0.2) is 30.3 Å². The highest BCUT2D eigenvalue weighted by Crippen LogP contribution is 2.18. The highest BCUT2D eigenvalue weighted by atomic mass is 16.6. The normalized spacial score (nSPS) is 18.9. The molecule has 0 N–H and O–H groups in total. The molecule has 1 aromatic rings. The van der Waals surface area contributed by atoms with Crippen molar-refractivity contribution in [3.8, 4) is 5.75 Å². The summed E-state index contributed by atoms with van der Waals surface area (Å²) in [4.78, 5) is 11.7. The second-order valence-corrected chi connectivity index (χ2v) is 4.69. The summed E-state index contributed by atoms with van der Waals surface area (Å²) in [7, 11) is 1.60. The van der Waals surface area contributed by atoms with Crippen molar-refractivity contribution in [2.24, 2.45) is 0 Å². The molecule has 1 aliphatic rings. The van der Waals surface area contributed by atoms with Crippen LogP contribution in [0, 0.1) is 0 Å². The molecule has 1 fully saturated rings. The van der Waals surface area contributed by atoms with Crippen LogP contribution in [0.5, 0.6) is 5.75 Å². The second-order valence-electron chi connectivity index (χ2n) is 4.69. The first kappa shape index (κ1) is 14.6. The molecule has 0 saturated carbocycles. The molecule has 0 aliphatic carbocycles. The second kappa shape index (κ2) is 7.70. The van der Waals surface area contributed by atoms with Gasteiger partial charge in [-0.1, -0.05) is 18.2 Å². The minimum Gasteiger partial charge on any atom is -0.496 e. The maximum absolute atomic E-state index is 11.7.